The van der Waals surface area contributed by atoms with Gasteiger partial charge < -0.3 is 4.90 Å². The summed E-state index contributed by atoms with van der Waals surface area (Å²) in [7, 11) is 0. The van der Waals surface area contributed by atoms with Crippen LogP contribution in [0.3, 0.4) is 0 Å². The van der Waals surface area contributed by atoms with Crippen molar-refractivity contribution in [1.29, 1.82) is 0 Å². The maximum absolute atomic E-state index is 12.1. The number of piperidine rings is 1. The minimum Gasteiger partial charge on any atom is -0.337 e. The fraction of sp³-hybridized carbons (Fsp3) is 0.500. The highest BCUT2D eigenvalue weighted by molar-refractivity contribution is 7.08. The maximum atomic E-state index is 12.1. The van der Waals surface area contributed by atoms with E-state index in [4.69, 9.17) is 0 Å². The maximum Gasteiger partial charge on any atom is 0.254 e. The summed E-state index contributed by atoms with van der Waals surface area (Å²) in [5.74, 6) is 0.403. The third-order valence-corrected chi connectivity index (χ3v) is 3.76. The van der Waals surface area contributed by atoms with Gasteiger partial charge in [0.15, 0.2) is 0 Å². The molecule has 1 fully saturated rings. The third-order valence-electron chi connectivity index (χ3n) is 3.07. The molecule has 0 spiro atoms. The van der Waals surface area contributed by atoms with Crippen LogP contribution in [0.4, 0.5) is 0 Å². The summed E-state index contributed by atoms with van der Waals surface area (Å²) in [6.07, 6.45) is 1.33. The SMILES string of the molecule is CCC1CN(C(=O)c2ccsc2)CCC1=O. The molecule has 0 bridgehead atoms. The molecular formula is C12H15NO2S. The summed E-state index contributed by atoms with van der Waals surface area (Å²) in [6.45, 7) is 3.16. The quantitative estimate of drug-likeness (QED) is 0.790. The van der Waals surface area contributed by atoms with Crippen molar-refractivity contribution in [2.45, 2.75) is 19.8 Å². The fourth-order valence-corrected chi connectivity index (χ4v) is 2.65. The molecule has 2 rings (SSSR count). The zero-order valence-electron chi connectivity index (χ0n) is 9.31. The second-order valence-corrected chi connectivity index (χ2v) is 4.86. The smallest absolute Gasteiger partial charge is 0.254 e. The lowest BCUT2D eigenvalue weighted by Gasteiger charge is -2.31. The van der Waals surface area contributed by atoms with Crippen LogP contribution in [0, 0.1) is 5.92 Å². The number of hydrogen-bond acceptors (Lipinski definition) is 3. The summed E-state index contributed by atoms with van der Waals surface area (Å²) in [5.41, 5.74) is 0.745. The molecule has 0 N–H and O–H groups in total. The van der Waals surface area contributed by atoms with Crippen molar-refractivity contribution in [3.05, 3.63) is 22.4 Å². The van der Waals surface area contributed by atoms with Crippen LogP contribution < -0.4 is 0 Å². The molecule has 0 radical (unpaired) electrons. The number of hydrogen-bond donors (Lipinski definition) is 0. The van der Waals surface area contributed by atoms with Gasteiger partial charge in [-0.1, -0.05) is 6.92 Å². The van der Waals surface area contributed by atoms with Gasteiger partial charge in [-0.2, -0.15) is 11.3 Å². The third kappa shape index (κ3) is 2.16. The number of Topliss-reactive ketones (excluding diaryl/α,β-unsaturated/α-hetero) is 1. The Kier molecular flexibility index (Phi) is 3.39. The summed E-state index contributed by atoms with van der Waals surface area (Å²) in [5, 5.41) is 3.76. The van der Waals surface area contributed by atoms with E-state index in [9.17, 15) is 9.59 Å². The van der Waals surface area contributed by atoms with Crippen molar-refractivity contribution >= 4 is 23.0 Å². The molecule has 1 aliphatic rings. The average Bonchev–Trinajstić information content (AvgIpc) is 2.82. The molecule has 1 unspecified atom stereocenters. The van der Waals surface area contributed by atoms with Crippen LogP contribution in [-0.2, 0) is 4.79 Å². The fourth-order valence-electron chi connectivity index (χ4n) is 2.02. The average molecular weight is 237 g/mol. The lowest BCUT2D eigenvalue weighted by Crippen LogP contribution is -2.43. The van der Waals surface area contributed by atoms with Gasteiger partial charge in [0.1, 0.15) is 5.78 Å². The molecule has 2 heterocycles. The van der Waals surface area contributed by atoms with E-state index in [1.54, 1.807) is 4.90 Å². The van der Waals surface area contributed by atoms with Crippen molar-refractivity contribution < 1.29 is 9.59 Å². The molecule has 1 aromatic rings. The number of likely N-dealkylation sites (tertiary alicyclic amines) is 1. The highest BCUT2D eigenvalue weighted by Gasteiger charge is 2.28. The Morgan fingerprint density at radius 3 is 3.06 bits per heavy atom. The number of nitrogens with zero attached hydrogens (tertiary/aromatic N) is 1. The van der Waals surface area contributed by atoms with Crippen molar-refractivity contribution in [3.8, 4) is 0 Å². The number of amides is 1. The van der Waals surface area contributed by atoms with Gasteiger partial charge >= 0.3 is 0 Å². The number of carbonyl (C=O) groups is 2. The highest BCUT2D eigenvalue weighted by Crippen LogP contribution is 2.19. The molecule has 0 saturated carbocycles. The predicted molar refractivity (Wildman–Crippen MR) is 63.6 cm³/mol. The summed E-state index contributed by atoms with van der Waals surface area (Å²) in [4.78, 5) is 25.4. The topological polar surface area (TPSA) is 37.4 Å². The molecule has 1 amide bonds. The zero-order chi connectivity index (χ0) is 11.5. The van der Waals surface area contributed by atoms with E-state index < -0.39 is 0 Å². The van der Waals surface area contributed by atoms with Crippen molar-refractivity contribution in [2.75, 3.05) is 13.1 Å². The van der Waals surface area contributed by atoms with E-state index in [-0.39, 0.29) is 11.8 Å². The molecule has 16 heavy (non-hydrogen) atoms. The first kappa shape index (κ1) is 11.3. The minimum atomic E-state index is 0.0383. The molecule has 86 valence electrons. The van der Waals surface area contributed by atoms with Gasteiger partial charge in [0.2, 0.25) is 0 Å². The largest absolute Gasteiger partial charge is 0.337 e. The van der Waals surface area contributed by atoms with Crippen molar-refractivity contribution in [1.82, 2.24) is 4.90 Å². The summed E-state index contributed by atoms with van der Waals surface area (Å²) in [6, 6.07) is 1.84. The van der Waals surface area contributed by atoms with Crippen molar-refractivity contribution in [2.24, 2.45) is 5.92 Å². The predicted octanol–water partition coefficient (Wildman–Crippen LogP) is 2.19. The Balaban J connectivity index is 2.06. The van der Waals surface area contributed by atoms with Crippen LogP contribution >= 0.6 is 11.3 Å². The summed E-state index contributed by atoms with van der Waals surface area (Å²) < 4.78 is 0. The molecule has 3 nitrogen and oxygen atoms in total. The van der Waals surface area contributed by atoms with Crippen LogP contribution in [-0.4, -0.2) is 29.7 Å². The monoisotopic (exact) mass is 237 g/mol. The standard InChI is InChI=1S/C12H15NO2S/c1-2-9-7-13(5-3-11(9)14)12(15)10-4-6-16-8-10/h4,6,8-9H,2-3,5,7H2,1H3. The Labute approximate surface area is 99.1 Å². The van der Waals surface area contributed by atoms with Gasteiger partial charge in [0, 0.05) is 30.8 Å². The van der Waals surface area contributed by atoms with Gasteiger partial charge in [0.05, 0.1) is 5.56 Å². The van der Waals surface area contributed by atoms with Gasteiger partial charge in [-0.15, -0.1) is 0 Å². The Morgan fingerprint density at radius 1 is 1.62 bits per heavy atom. The van der Waals surface area contributed by atoms with Gasteiger partial charge in [-0.25, -0.2) is 0 Å². The van der Waals surface area contributed by atoms with E-state index >= 15 is 0 Å². The van der Waals surface area contributed by atoms with Crippen LogP contribution in [0.1, 0.15) is 30.1 Å². The molecule has 1 saturated heterocycles. The van der Waals surface area contributed by atoms with Crippen LogP contribution in [0.15, 0.2) is 16.8 Å². The van der Waals surface area contributed by atoms with Crippen LogP contribution in [0.25, 0.3) is 0 Å². The van der Waals surface area contributed by atoms with E-state index in [1.807, 2.05) is 23.8 Å². The number of carbonyl (C=O) groups excluding carboxylic acids is 2. The molecule has 0 aliphatic carbocycles. The van der Waals surface area contributed by atoms with Crippen LogP contribution in [0.5, 0.6) is 0 Å². The van der Waals surface area contributed by atoms with E-state index in [1.165, 1.54) is 11.3 Å². The molecule has 1 atom stereocenters. The molecule has 4 heteroatoms. The molecular weight excluding hydrogens is 222 g/mol. The first-order valence-corrected chi connectivity index (χ1v) is 6.51. The summed E-state index contributed by atoms with van der Waals surface area (Å²) >= 11 is 1.52. The number of thiophene rings is 1. The molecule has 1 aromatic heterocycles. The van der Waals surface area contributed by atoms with Gasteiger partial charge in [-0.05, 0) is 17.9 Å². The van der Waals surface area contributed by atoms with Gasteiger partial charge in [-0.3, -0.25) is 9.59 Å². The normalized spacial score (nSPS) is 21.2. The highest BCUT2D eigenvalue weighted by atomic mass is 32.1. The number of rotatable bonds is 2. The van der Waals surface area contributed by atoms with Gasteiger partial charge in [0.25, 0.3) is 5.91 Å². The zero-order valence-corrected chi connectivity index (χ0v) is 10.1. The molecule has 0 aromatic carbocycles. The second kappa shape index (κ2) is 4.78. The van der Waals surface area contributed by atoms with E-state index in [2.05, 4.69) is 0 Å². The number of ketones is 1. The Bertz CT molecular complexity index is 386. The Hall–Kier alpha value is -1.16. The van der Waals surface area contributed by atoms with Crippen LogP contribution in [0.2, 0.25) is 0 Å². The van der Waals surface area contributed by atoms with E-state index in [0.717, 1.165) is 12.0 Å². The molecule has 1 aliphatic heterocycles. The minimum absolute atomic E-state index is 0.0383. The van der Waals surface area contributed by atoms with Crippen molar-refractivity contribution in [3.63, 3.8) is 0 Å². The lowest BCUT2D eigenvalue weighted by molar-refractivity contribution is -0.125. The van der Waals surface area contributed by atoms with E-state index in [0.29, 0.717) is 25.3 Å². The first-order chi connectivity index (χ1) is 7.72. The second-order valence-electron chi connectivity index (χ2n) is 4.08. The lowest BCUT2D eigenvalue weighted by atomic mass is 9.94. The Morgan fingerprint density at radius 2 is 2.44 bits per heavy atom. The first-order valence-electron chi connectivity index (χ1n) is 5.56.